The topological polar surface area (TPSA) is 33.9 Å². The number of benzene rings is 2. The first kappa shape index (κ1) is 18.3. The van der Waals surface area contributed by atoms with Crippen LogP contribution < -0.4 is 4.74 Å². The third-order valence-corrected chi connectivity index (χ3v) is 4.87. The molecule has 0 radical (unpaired) electrons. The minimum Gasteiger partial charge on any atom is -0.478 e. The van der Waals surface area contributed by atoms with Crippen LogP contribution in [0, 0.1) is 6.57 Å². The molecule has 1 aliphatic heterocycles. The number of amides is 1. The Morgan fingerprint density at radius 1 is 1.19 bits per heavy atom. The Hall–Kier alpha value is -2.51. The monoisotopic (exact) mass is 368 g/mol. The van der Waals surface area contributed by atoms with Gasteiger partial charge in [-0.3, -0.25) is 4.79 Å². The van der Waals surface area contributed by atoms with Gasteiger partial charge in [0.15, 0.2) is 11.3 Å². The standard InChI is InChI=1S/C21H21ClN2O2/c1-21(2,26-18-12-10-17(23-3)11-13-18)20(25)24-14-4-5-19(24)15-6-8-16(22)9-7-15/h6-13,19H,4-5,14H2,1-2H3. The highest BCUT2D eigenvalue weighted by atomic mass is 35.5. The number of nitrogens with zero attached hydrogens (tertiary/aromatic N) is 2. The van der Waals surface area contributed by atoms with Crippen LogP contribution in [0.4, 0.5) is 5.69 Å². The Labute approximate surface area is 159 Å². The Morgan fingerprint density at radius 3 is 2.46 bits per heavy atom. The van der Waals surface area contributed by atoms with E-state index in [4.69, 9.17) is 22.9 Å². The van der Waals surface area contributed by atoms with Gasteiger partial charge in [0.05, 0.1) is 12.6 Å². The van der Waals surface area contributed by atoms with Gasteiger partial charge < -0.3 is 9.64 Å². The van der Waals surface area contributed by atoms with Gasteiger partial charge in [0.1, 0.15) is 5.75 Å². The summed E-state index contributed by atoms with van der Waals surface area (Å²) in [6.07, 6.45) is 1.90. The van der Waals surface area contributed by atoms with E-state index < -0.39 is 5.60 Å². The molecule has 1 aliphatic rings. The molecule has 1 amide bonds. The molecule has 0 saturated carbocycles. The summed E-state index contributed by atoms with van der Waals surface area (Å²) in [7, 11) is 0. The Kier molecular flexibility index (Phi) is 5.20. The van der Waals surface area contributed by atoms with Crippen LogP contribution in [-0.2, 0) is 4.79 Å². The van der Waals surface area contributed by atoms with Crippen molar-refractivity contribution < 1.29 is 9.53 Å². The minimum atomic E-state index is -0.991. The van der Waals surface area contributed by atoms with Crippen molar-refractivity contribution >= 4 is 23.2 Å². The molecule has 0 N–H and O–H groups in total. The molecule has 0 spiro atoms. The summed E-state index contributed by atoms with van der Waals surface area (Å²) in [6.45, 7) is 11.3. The van der Waals surface area contributed by atoms with Gasteiger partial charge in [-0.1, -0.05) is 35.9 Å². The SMILES string of the molecule is [C-]#[N+]c1ccc(OC(C)(C)C(=O)N2CCCC2c2ccc(Cl)cc2)cc1. The summed E-state index contributed by atoms with van der Waals surface area (Å²) in [5.74, 6) is 0.544. The molecule has 2 aromatic carbocycles. The fourth-order valence-corrected chi connectivity index (χ4v) is 3.44. The highest BCUT2D eigenvalue weighted by molar-refractivity contribution is 6.30. The lowest BCUT2D eigenvalue weighted by atomic mass is 10.0. The largest absolute Gasteiger partial charge is 0.478 e. The van der Waals surface area contributed by atoms with Crippen LogP contribution in [0.15, 0.2) is 48.5 Å². The smallest absolute Gasteiger partial charge is 0.266 e. The molecule has 1 atom stereocenters. The zero-order chi connectivity index (χ0) is 18.7. The van der Waals surface area contributed by atoms with Gasteiger partial charge in [0, 0.05) is 11.6 Å². The molecule has 1 unspecified atom stereocenters. The van der Waals surface area contributed by atoms with Crippen molar-refractivity contribution in [3.63, 3.8) is 0 Å². The second-order valence-electron chi connectivity index (χ2n) is 6.93. The van der Waals surface area contributed by atoms with Gasteiger partial charge >= 0.3 is 0 Å². The molecule has 0 aromatic heterocycles. The number of rotatable bonds is 4. The molecule has 2 aromatic rings. The van der Waals surface area contributed by atoms with E-state index in [0.29, 0.717) is 16.5 Å². The van der Waals surface area contributed by atoms with Crippen LogP contribution in [-0.4, -0.2) is 23.0 Å². The van der Waals surface area contributed by atoms with E-state index in [0.717, 1.165) is 24.9 Å². The van der Waals surface area contributed by atoms with Crippen LogP contribution >= 0.6 is 11.6 Å². The summed E-state index contributed by atoms with van der Waals surface area (Å²) in [4.78, 5) is 18.4. The maximum Gasteiger partial charge on any atom is 0.266 e. The van der Waals surface area contributed by atoms with Crippen LogP contribution in [0.5, 0.6) is 5.75 Å². The van der Waals surface area contributed by atoms with Crippen molar-refractivity contribution in [2.75, 3.05) is 6.54 Å². The second kappa shape index (κ2) is 7.39. The lowest BCUT2D eigenvalue weighted by molar-refractivity contribution is -0.146. The summed E-state index contributed by atoms with van der Waals surface area (Å²) >= 11 is 5.98. The lowest BCUT2D eigenvalue weighted by Gasteiger charge is -2.33. The lowest BCUT2D eigenvalue weighted by Crippen LogP contribution is -2.48. The number of ether oxygens (including phenoxy) is 1. The molecule has 134 valence electrons. The summed E-state index contributed by atoms with van der Waals surface area (Å²) in [6, 6.07) is 14.6. The van der Waals surface area contributed by atoms with E-state index in [9.17, 15) is 4.79 Å². The van der Waals surface area contributed by atoms with E-state index in [1.54, 1.807) is 38.1 Å². The molecule has 1 saturated heterocycles. The first-order valence-electron chi connectivity index (χ1n) is 8.64. The molecule has 1 heterocycles. The van der Waals surface area contributed by atoms with Crippen molar-refractivity contribution in [3.05, 3.63) is 70.5 Å². The average Bonchev–Trinajstić information content (AvgIpc) is 3.11. The van der Waals surface area contributed by atoms with E-state index in [1.807, 2.05) is 29.2 Å². The number of hydrogen-bond acceptors (Lipinski definition) is 2. The third-order valence-electron chi connectivity index (χ3n) is 4.62. The number of likely N-dealkylation sites (tertiary alicyclic amines) is 1. The summed E-state index contributed by atoms with van der Waals surface area (Å²) in [5, 5.41) is 0.691. The third kappa shape index (κ3) is 3.84. The fraction of sp³-hybridized carbons (Fsp3) is 0.333. The van der Waals surface area contributed by atoms with E-state index in [-0.39, 0.29) is 11.9 Å². The van der Waals surface area contributed by atoms with E-state index >= 15 is 0 Å². The van der Waals surface area contributed by atoms with Crippen LogP contribution in [0.2, 0.25) is 5.02 Å². The molecule has 3 rings (SSSR count). The predicted octanol–water partition coefficient (Wildman–Crippen LogP) is 5.41. The summed E-state index contributed by atoms with van der Waals surface area (Å²) < 4.78 is 5.96. The quantitative estimate of drug-likeness (QED) is 0.676. The zero-order valence-electron chi connectivity index (χ0n) is 14.9. The van der Waals surface area contributed by atoms with Gasteiger partial charge in [-0.2, -0.15) is 0 Å². The van der Waals surface area contributed by atoms with E-state index in [1.165, 1.54) is 0 Å². The maximum absolute atomic E-state index is 13.2. The molecular formula is C21H21ClN2O2. The first-order chi connectivity index (χ1) is 12.4. The zero-order valence-corrected chi connectivity index (χ0v) is 15.7. The fourth-order valence-electron chi connectivity index (χ4n) is 3.31. The van der Waals surface area contributed by atoms with Crippen molar-refractivity contribution in [1.29, 1.82) is 0 Å². The Balaban J connectivity index is 1.77. The highest BCUT2D eigenvalue weighted by Gasteiger charge is 2.40. The number of halogens is 1. The van der Waals surface area contributed by atoms with Crippen LogP contribution in [0.25, 0.3) is 4.85 Å². The first-order valence-corrected chi connectivity index (χ1v) is 9.01. The van der Waals surface area contributed by atoms with Gasteiger partial charge in [-0.15, -0.1) is 0 Å². The van der Waals surface area contributed by atoms with Crippen molar-refractivity contribution in [3.8, 4) is 5.75 Å². The Morgan fingerprint density at radius 2 is 1.85 bits per heavy atom. The maximum atomic E-state index is 13.2. The van der Waals surface area contributed by atoms with Gasteiger partial charge in [0.2, 0.25) is 0 Å². The number of carbonyl (C=O) groups excluding carboxylic acids is 1. The number of carbonyl (C=O) groups is 1. The number of hydrogen-bond donors (Lipinski definition) is 0. The molecule has 26 heavy (non-hydrogen) atoms. The minimum absolute atomic E-state index is 0.0378. The molecule has 0 bridgehead atoms. The highest BCUT2D eigenvalue weighted by Crippen LogP contribution is 2.35. The molecule has 1 fully saturated rings. The van der Waals surface area contributed by atoms with E-state index in [2.05, 4.69) is 4.85 Å². The average molecular weight is 369 g/mol. The molecule has 0 aliphatic carbocycles. The van der Waals surface area contributed by atoms with Crippen LogP contribution in [0.1, 0.15) is 38.3 Å². The normalized spacial score (nSPS) is 17.0. The second-order valence-corrected chi connectivity index (χ2v) is 7.36. The van der Waals surface area contributed by atoms with Gasteiger partial charge in [0.25, 0.3) is 5.91 Å². The molecule has 4 nitrogen and oxygen atoms in total. The van der Waals surface area contributed by atoms with Crippen LogP contribution in [0.3, 0.4) is 0 Å². The molecule has 5 heteroatoms. The van der Waals surface area contributed by atoms with Crippen molar-refractivity contribution in [2.45, 2.75) is 38.3 Å². The van der Waals surface area contributed by atoms with Crippen molar-refractivity contribution in [2.24, 2.45) is 0 Å². The van der Waals surface area contributed by atoms with Crippen molar-refractivity contribution in [1.82, 2.24) is 4.90 Å². The van der Waals surface area contributed by atoms with Gasteiger partial charge in [-0.25, -0.2) is 4.85 Å². The van der Waals surface area contributed by atoms with Gasteiger partial charge in [-0.05, 0) is 56.5 Å². The molecular weight excluding hydrogens is 348 g/mol. The predicted molar refractivity (Wildman–Crippen MR) is 103 cm³/mol. The summed E-state index contributed by atoms with van der Waals surface area (Å²) in [5.41, 5.74) is 0.649. The Bertz CT molecular complexity index is 823.